The number of halogens is 3. The topological polar surface area (TPSA) is 70.3 Å². The second kappa shape index (κ2) is 5.99. The largest absolute Gasteiger partial charge is 0.401 e. The van der Waals surface area contributed by atoms with Crippen LogP contribution in [0.5, 0.6) is 0 Å². The second-order valence-electron chi connectivity index (χ2n) is 4.36. The number of nitrogens with two attached hydrogens (primary N) is 1. The molecule has 0 unspecified atom stereocenters. The van der Waals surface area contributed by atoms with Crippen molar-refractivity contribution in [1.29, 1.82) is 0 Å². The van der Waals surface area contributed by atoms with E-state index in [4.69, 9.17) is 5.84 Å². The number of piperazine rings is 1. The molecule has 1 aliphatic heterocycles. The Morgan fingerprint density at radius 1 is 1.21 bits per heavy atom. The zero-order valence-electron chi connectivity index (χ0n) is 10.2. The number of nitrogens with zero attached hydrogens (tertiary/aromatic N) is 4. The van der Waals surface area contributed by atoms with E-state index >= 15 is 0 Å². The minimum Gasteiger partial charge on any atom is -0.313 e. The highest BCUT2D eigenvalue weighted by molar-refractivity contribution is 7.10. The minimum absolute atomic E-state index is 0.405. The van der Waals surface area contributed by atoms with Crippen molar-refractivity contribution in [2.75, 3.05) is 38.1 Å². The van der Waals surface area contributed by atoms with Crippen LogP contribution in [-0.2, 0) is 6.54 Å². The quantitative estimate of drug-likeness (QED) is 0.623. The predicted octanol–water partition coefficient (Wildman–Crippen LogP) is 0.504. The molecule has 1 aromatic rings. The Hall–Kier alpha value is -0.970. The van der Waals surface area contributed by atoms with Crippen LogP contribution in [-0.4, -0.2) is 58.3 Å². The summed E-state index contributed by atoms with van der Waals surface area (Å²) in [5, 5.41) is 4.64. The first-order valence-electron chi connectivity index (χ1n) is 5.77. The normalized spacial score (nSPS) is 18.7. The molecule has 2 rings (SSSR count). The van der Waals surface area contributed by atoms with Crippen LogP contribution in [0.3, 0.4) is 0 Å². The maximum atomic E-state index is 12.2. The van der Waals surface area contributed by atoms with Gasteiger partial charge in [-0.2, -0.15) is 13.2 Å². The van der Waals surface area contributed by atoms with Gasteiger partial charge in [-0.1, -0.05) is 4.49 Å². The Bertz CT molecular complexity index is 401. The van der Waals surface area contributed by atoms with Crippen LogP contribution in [0.1, 0.15) is 5.69 Å². The van der Waals surface area contributed by atoms with Gasteiger partial charge in [-0.05, 0) is 0 Å². The van der Waals surface area contributed by atoms with Crippen LogP contribution in [0, 0.1) is 0 Å². The fourth-order valence-corrected chi connectivity index (χ4v) is 2.48. The van der Waals surface area contributed by atoms with E-state index in [0.717, 1.165) is 17.2 Å². The van der Waals surface area contributed by atoms with Crippen molar-refractivity contribution in [1.82, 2.24) is 19.4 Å². The van der Waals surface area contributed by atoms with Crippen LogP contribution < -0.4 is 11.3 Å². The van der Waals surface area contributed by atoms with Crippen LogP contribution in [0.25, 0.3) is 0 Å². The Balaban J connectivity index is 1.80. The molecule has 10 heteroatoms. The van der Waals surface area contributed by atoms with Gasteiger partial charge >= 0.3 is 6.18 Å². The predicted molar refractivity (Wildman–Crippen MR) is 65.5 cm³/mol. The number of hydrogen-bond acceptors (Lipinski definition) is 7. The van der Waals surface area contributed by atoms with Gasteiger partial charge in [0.15, 0.2) is 0 Å². The molecule has 1 aromatic heterocycles. The second-order valence-corrected chi connectivity index (χ2v) is 5.11. The van der Waals surface area contributed by atoms with Gasteiger partial charge in [-0.3, -0.25) is 9.80 Å². The summed E-state index contributed by atoms with van der Waals surface area (Å²) < 4.78 is 40.5. The third-order valence-corrected chi connectivity index (χ3v) is 3.63. The van der Waals surface area contributed by atoms with Gasteiger partial charge in [0.25, 0.3) is 0 Å². The van der Waals surface area contributed by atoms with Gasteiger partial charge < -0.3 is 5.43 Å². The first-order chi connectivity index (χ1) is 8.98. The molecule has 0 saturated carbocycles. The molecule has 0 amide bonds. The number of hydrogen-bond donors (Lipinski definition) is 2. The Labute approximate surface area is 112 Å². The molecule has 6 nitrogen and oxygen atoms in total. The molecule has 0 aliphatic carbocycles. The highest BCUT2D eigenvalue weighted by atomic mass is 32.1. The number of anilines is 1. The number of nitrogen functional groups attached to an aromatic ring is 1. The van der Waals surface area contributed by atoms with Crippen LogP contribution in [0.4, 0.5) is 18.2 Å². The summed E-state index contributed by atoms with van der Waals surface area (Å²) in [5.74, 6) is 5.32. The molecule has 0 spiro atoms. The van der Waals surface area contributed by atoms with Gasteiger partial charge in [0.05, 0.1) is 6.54 Å². The first kappa shape index (κ1) is 14.4. The molecule has 1 saturated heterocycles. The van der Waals surface area contributed by atoms with Crippen LogP contribution in [0.2, 0.25) is 0 Å². The molecule has 2 heterocycles. The van der Waals surface area contributed by atoms with Crippen molar-refractivity contribution >= 4 is 16.5 Å². The SMILES string of the molecule is NNc1snnc1CN1CCN(CC(F)(F)F)CC1. The van der Waals surface area contributed by atoms with Crippen molar-refractivity contribution < 1.29 is 13.2 Å². The maximum Gasteiger partial charge on any atom is 0.401 e. The van der Waals surface area contributed by atoms with E-state index in [2.05, 4.69) is 15.0 Å². The van der Waals surface area contributed by atoms with Crippen molar-refractivity contribution in [3.05, 3.63) is 5.69 Å². The molecular weight excluding hydrogens is 281 g/mol. The summed E-state index contributed by atoms with van der Waals surface area (Å²) in [6.07, 6.45) is -4.13. The van der Waals surface area contributed by atoms with E-state index in [9.17, 15) is 13.2 Å². The molecule has 108 valence electrons. The minimum atomic E-state index is -4.13. The molecule has 0 atom stereocenters. The van der Waals surface area contributed by atoms with Crippen molar-refractivity contribution in [3.63, 3.8) is 0 Å². The Morgan fingerprint density at radius 2 is 1.84 bits per heavy atom. The van der Waals surface area contributed by atoms with Gasteiger partial charge in [0, 0.05) is 44.3 Å². The molecule has 19 heavy (non-hydrogen) atoms. The lowest BCUT2D eigenvalue weighted by Crippen LogP contribution is -2.48. The monoisotopic (exact) mass is 296 g/mol. The molecule has 1 aliphatic rings. The van der Waals surface area contributed by atoms with E-state index in [1.807, 2.05) is 4.90 Å². The van der Waals surface area contributed by atoms with Gasteiger partial charge in [-0.25, -0.2) is 5.84 Å². The van der Waals surface area contributed by atoms with E-state index in [-0.39, 0.29) is 0 Å². The first-order valence-corrected chi connectivity index (χ1v) is 6.54. The molecular formula is C9H15F3N6S. The smallest absolute Gasteiger partial charge is 0.313 e. The highest BCUT2D eigenvalue weighted by Gasteiger charge is 2.32. The van der Waals surface area contributed by atoms with Crippen molar-refractivity contribution in [2.45, 2.75) is 12.7 Å². The highest BCUT2D eigenvalue weighted by Crippen LogP contribution is 2.20. The maximum absolute atomic E-state index is 12.2. The third kappa shape index (κ3) is 4.27. The number of hydrazine groups is 1. The van der Waals surface area contributed by atoms with Crippen LogP contribution >= 0.6 is 11.5 Å². The summed E-state index contributed by atoms with van der Waals surface area (Å²) in [5.41, 5.74) is 3.25. The average molecular weight is 296 g/mol. The van der Waals surface area contributed by atoms with Gasteiger partial charge in [0.1, 0.15) is 10.7 Å². The zero-order valence-corrected chi connectivity index (χ0v) is 11.0. The summed E-state index contributed by atoms with van der Waals surface area (Å²) in [4.78, 5) is 3.46. The standard InChI is InChI=1S/C9H15F3N6S/c10-9(11,12)6-18-3-1-17(2-4-18)5-7-8(14-13)19-16-15-7/h14H,1-6,13H2. The molecule has 0 aromatic carbocycles. The zero-order chi connectivity index (χ0) is 13.9. The van der Waals surface area contributed by atoms with E-state index < -0.39 is 12.7 Å². The number of rotatable bonds is 4. The fraction of sp³-hybridized carbons (Fsp3) is 0.778. The number of alkyl halides is 3. The number of nitrogens with one attached hydrogen (secondary N) is 1. The van der Waals surface area contributed by atoms with Gasteiger partial charge in [0.2, 0.25) is 0 Å². The summed E-state index contributed by atoms with van der Waals surface area (Å²) in [6, 6.07) is 0. The lowest BCUT2D eigenvalue weighted by Gasteiger charge is -2.34. The van der Waals surface area contributed by atoms with E-state index in [0.29, 0.717) is 37.7 Å². The molecule has 1 fully saturated rings. The fourth-order valence-electron chi connectivity index (χ4n) is 1.99. The third-order valence-electron chi connectivity index (χ3n) is 2.93. The number of aromatic nitrogens is 2. The van der Waals surface area contributed by atoms with E-state index in [1.54, 1.807) is 0 Å². The molecule has 0 radical (unpaired) electrons. The Kier molecular flexibility index (Phi) is 4.55. The lowest BCUT2D eigenvalue weighted by molar-refractivity contribution is -0.149. The summed E-state index contributed by atoms with van der Waals surface area (Å²) in [6.45, 7) is 1.69. The van der Waals surface area contributed by atoms with Gasteiger partial charge in [-0.15, -0.1) is 5.10 Å². The lowest BCUT2D eigenvalue weighted by atomic mass is 10.3. The molecule has 3 N–H and O–H groups in total. The molecule has 0 bridgehead atoms. The van der Waals surface area contributed by atoms with Crippen molar-refractivity contribution in [2.24, 2.45) is 5.84 Å². The van der Waals surface area contributed by atoms with Crippen molar-refractivity contribution in [3.8, 4) is 0 Å². The van der Waals surface area contributed by atoms with Crippen LogP contribution in [0.15, 0.2) is 0 Å². The summed E-state index contributed by atoms with van der Waals surface area (Å²) in [7, 11) is 0. The Morgan fingerprint density at radius 3 is 2.42 bits per heavy atom. The summed E-state index contributed by atoms with van der Waals surface area (Å²) >= 11 is 1.16. The average Bonchev–Trinajstić information content (AvgIpc) is 2.77. The van der Waals surface area contributed by atoms with E-state index in [1.165, 1.54) is 4.90 Å².